The number of aliphatic hydroxyl groups excluding tert-OH is 2. The fourth-order valence-corrected chi connectivity index (χ4v) is 5.07. The lowest BCUT2D eigenvalue weighted by Gasteiger charge is -2.19. The Kier molecular flexibility index (Phi) is 10.4. The molecule has 3 aromatic carbocycles. The molecule has 0 saturated heterocycles. The zero-order chi connectivity index (χ0) is 31.1. The minimum absolute atomic E-state index is 0.122. The molecule has 0 aliphatic heterocycles. The highest BCUT2D eigenvalue weighted by Crippen LogP contribution is 2.29. The van der Waals surface area contributed by atoms with E-state index in [1.807, 2.05) is 26.0 Å². The number of aliphatic hydroxyl groups is 2. The number of hydrogen-bond donors (Lipinski definition) is 4. The van der Waals surface area contributed by atoms with E-state index in [-0.39, 0.29) is 43.4 Å². The summed E-state index contributed by atoms with van der Waals surface area (Å²) in [5.74, 6) is -2.12. The molecule has 1 amide bonds. The summed E-state index contributed by atoms with van der Waals surface area (Å²) >= 11 is 0. The van der Waals surface area contributed by atoms with E-state index in [1.54, 1.807) is 47.0 Å². The number of carbonyl (C=O) groups is 2. The Balaban J connectivity index is 1.60. The third kappa shape index (κ3) is 8.12. The van der Waals surface area contributed by atoms with Gasteiger partial charge >= 0.3 is 5.97 Å². The Morgan fingerprint density at radius 1 is 0.930 bits per heavy atom. The van der Waals surface area contributed by atoms with Crippen LogP contribution in [0.15, 0.2) is 72.8 Å². The van der Waals surface area contributed by atoms with Crippen molar-refractivity contribution in [3.05, 3.63) is 101 Å². The standard InChI is InChI=1S/C33H35F2N3O5/c1-20(2)31-30(33(43)36-19-21-6-5-7-23(16-21)27-8-3-4-9-28(27)35)37-32(22-10-12-24(34)13-11-22)38(31)15-14-25(39)17-26(40)18-29(41)42/h3-13,16,20,25-26,39-40H,14-15,17-19H2,1-2H3,(H,36,43)(H,41,42)/t25-,26-/m1/s1. The van der Waals surface area contributed by atoms with E-state index in [0.717, 1.165) is 5.56 Å². The summed E-state index contributed by atoms with van der Waals surface area (Å²) in [6.45, 7) is 4.19. The normalized spacial score (nSPS) is 12.7. The van der Waals surface area contributed by atoms with Gasteiger partial charge in [-0.1, -0.05) is 50.2 Å². The van der Waals surface area contributed by atoms with Crippen molar-refractivity contribution in [3.8, 4) is 22.5 Å². The van der Waals surface area contributed by atoms with Gasteiger partial charge in [0.1, 0.15) is 23.2 Å². The molecule has 0 saturated carbocycles. The minimum atomic E-state index is -1.20. The molecule has 8 nitrogen and oxygen atoms in total. The monoisotopic (exact) mass is 591 g/mol. The molecule has 226 valence electrons. The van der Waals surface area contributed by atoms with Crippen LogP contribution in [0.25, 0.3) is 22.5 Å². The number of nitrogens with one attached hydrogen (secondary N) is 1. The Bertz CT molecular complexity index is 1570. The lowest BCUT2D eigenvalue weighted by molar-refractivity contribution is -0.139. The average Bonchev–Trinajstić information content (AvgIpc) is 3.35. The zero-order valence-corrected chi connectivity index (χ0v) is 24.0. The molecule has 0 fully saturated rings. The first-order valence-electron chi connectivity index (χ1n) is 14.1. The number of imidazole rings is 1. The summed E-state index contributed by atoms with van der Waals surface area (Å²) < 4.78 is 29.9. The van der Waals surface area contributed by atoms with Gasteiger partial charge in [-0.25, -0.2) is 13.8 Å². The van der Waals surface area contributed by atoms with Gasteiger partial charge in [-0.2, -0.15) is 0 Å². The van der Waals surface area contributed by atoms with Crippen molar-refractivity contribution in [3.63, 3.8) is 0 Å². The Morgan fingerprint density at radius 2 is 1.65 bits per heavy atom. The molecule has 0 aliphatic rings. The number of nitrogens with zero attached hydrogens (tertiary/aromatic N) is 2. The van der Waals surface area contributed by atoms with Gasteiger partial charge in [0.25, 0.3) is 5.91 Å². The van der Waals surface area contributed by atoms with Gasteiger partial charge in [0.15, 0.2) is 0 Å². The molecule has 4 N–H and O–H groups in total. The number of rotatable bonds is 13. The molecule has 4 rings (SSSR count). The third-order valence-electron chi connectivity index (χ3n) is 7.08. The Hall–Kier alpha value is -4.41. The predicted octanol–water partition coefficient (Wildman–Crippen LogP) is 5.53. The highest BCUT2D eigenvalue weighted by Gasteiger charge is 2.26. The summed E-state index contributed by atoms with van der Waals surface area (Å²) in [5, 5.41) is 32.3. The van der Waals surface area contributed by atoms with Crippen LogP contribution in [0.5, 0.6) is 0 Å². The summed E-state index contributed by atoms with van der Waals surface area (Å²) in [4.78, 5) is 29.1. The van der Waals surface area contributed by atoms with E-state index in [1.165, 1.54) is 18.2 Å². The van der Waals surface area contributed by atoms with Crippen molar-refractivity contribution >= 4 is 11.9 Å². The summed E-state index contributed by atoms with van der Waals surface area (Å²) in [6.07, 6.45) is -2.65. The summed E-state index contributed by atoms with van der Waals surface area (Å²) in [5.41, 5.74) is 3.26. The number of aliphatic carboxylic acids is 1. The van der Waals surface area contributed by atoms with Crippen molar-refractivity contribution < 1.29 is 33.7 Å². The molecule has 0 radical (unpaired) electrons. The molecular formula is C33H35F2N3O5. The van der Waals surface area contributed by atoms with Crippen LogP contribution in [0.4, 0.5) is 8.78 Å². The number of halogens is 2. The van der Waals surface area contributed by atoms with Crippen LogP contribution in [0.3, 0.4) is 0 Å². The van der Waals surface area contributed by atoms with Crippen molar-refractivity contribution in [1.82, 2.24) is 14.9 Å². The van der Waals surface area contributed by atoms with E-state index >= 15 is 0 Å². The van der Waals surface area contributed by atoms with E-state index < -0.39 is 36.3 Å². The van der Waals surface area contributed by atoms with Gasteiger partial charge in [-0.3, -0.25) is 9.59 Å². The maximum absolute atomic E-state index is 14.3. The highest BCUT2D eigenvalue weighted by atomic mass is 19.1. The second-order valence-electron chi connectivity index (χ2n) is 10.8. The highest BCUT2D eigenvalue weighted by molar-refractivity contribution is 5.94. The lowest BCUT2D eigenvalue weighted by Crippen LogP contribution is -2.25. The molecule has 4 aromatic rings. The van der Waals surface area contributed by atoms with Crippen LogP contribution in [0.1, 0.15) is 60.8 Å². The zero-order valence-electron chi connectivity index (χ0n) is 24.0. The van der Waals surface area contributed by atoms with Crippen molar-refractivity contribution in [2.45, 2.75) is 64.3 Å². The largest absolute Gasteiger partial charge is 0.481 e. The van der Waals surface area contributed by atoms with Crippen LogP contribution in [0, 0.1) is 11.6 Å². The van der Waals surface area contributed by atoms with Crippen LogP contribution >= 0.6 is 0 Å². The average molecular weight is 592 g/mol. The van der Waals surface area contributed by atoms with Crippen LogP contribution in [0.2, 0.25) is 0 Å². The number of aromatic nitrogens is 2. The van der Waals surface area contributed by atoms with Crippen LogP contribution in [-0.2, 0) is 17.9 Å². The summed E-state index contributed by atoms with van der Waals surface area (Å²) in [6, 6.07) is 19.4. The van der Waals surface area contributed by atoms with Crippen molar-refractivity contribution in [2.24, 2.45) is 0 Å². The first-order valence-corrected chi connectivity index (χ1v) is 14.1. The lowest BCUT2D eigenvalue weighted by atomic mass is 10.0. The molecule has 43 heavy (non-hydrogen) atoms. The molecule has 10 heteroatoms. The molecule has 0 unspecified atom stereocenters. The topological polar surface area (TPSA) is 125 Å². The van der Waals surface area contributed by atoms with Crippen LogP contribution in [-0.4, -0.2) is 49.0 Å². The van der Waals surface area contributed by atoms with E-state index in [4.69, 9.17) is 5.11 Å². The summed E-state index contributed by atoms with van der Waals surface area (Å²) in [7, 11) is 0. The van der Waals surface area contributed by atoms with Crippen molar-refractivity contribution in [1.29, 1.82) is 0 Å². The maximum atomic E-state index is 14.3. The van der Waals surface area contributed by atoms with E-state index in [0.29, 0.717) is 28.2 Å². The number of carbonyl (C=O) groups excluding carboxylic acids is 1. The Labute approximate surface area is 248 Å². The fraction of sp³-hybridized carbons (Fsp3) is 0.303. The SMILES string of the molecule is CC(C)c1c(C(=O)NCc2cccc(-c3ccccc3F)c2)nc(-c2ccc(F)cc2)n1CC[C@@H](O)C[C@@H](O)CC(=O)O. The van der Waals surface area contributed by atoms with Gasteiger partial charge in [0.2, 0.25) is 0 Å². The number of carboxylic acid groups (broad SMARTS) is 1. The van der Waals surface area contributed by atoms with Crippen LogP contribution < -0.4 is 5.32 Å². The first-order chi connectivity index (χ1) is 20.5. The fourth-order valence-electron chi connectivity index (χ4n) is 5.07. The molecule has 0 aliphatic carbocycles. The molecule has 2 atom stereocenters. The first kappa shape index (κ1) is 31.5. The van der Waals surface area contributed by atoms with Crippen molar-refractivity contribution in [2.75, 3.05) is 0 Å². The predicted molar refractivity (Wildman–Crippen MR) is 158 cm³/mol. The number of hydrogen-bond acceptors (Lipinski definition) is 5. The second kappa shape index (κ2) is 14.2. The molecular weight excluding hydrogens is 556 g/mol. The number of carboxylic acids is 1. The van der Waals surface area contributed by atoms with E-state index in [9.17, 15) is 28.6 Å². The maximum Gasteiger partial charge on any atom is 0.305 e. The third-order valence-corrected chi connectivity index (χ3v) is 7.08. The molecule has 1 heterocycles. The number of benzene rings is 3. The number of amides is 1. The van der Waals surface area contributed by atoms with Gasteiger partial charge in [0, 0.05) is 24.2 Å². The second-order valence-corrected chi connectivity index (χ2v) is 10.8. The molecule has 1 aromatic heterocycles. The minimum Gasteiger partial charge on any atom is -0.481 e. The van der Waals surface area contributed by atoms with E-state index in [2.05, 4.69) is 10.3 Å². The quantitative estimate of drug-likeness (QED) is 0.162. The smallest absolute Gasteiger partial charge is 0.305 e. The van der Waals surface area contributed by atoms with Gasteiger partial charge < -0.3 is 25.2 Å². The van der Waals surface area contributed by atoms with Gasteiger partial charge in [-0.05, 0) is 66.3 Å². The molecule has 0 spiro atoms. The van der Waals surface area contributed by atoms with Gasteiger partial charge in [-0.15, -0.1) is 0 Å². The van der Waals surface area contributed by atoms with Gasteiger partial charge in [0.05, 0.1) is 24.3 Å². The molecule has 0 bridgehead atoms. The Morgan fingerprint density at radius 3 is 2.33 bits per heavy atom.